The van der Waals surface area contributed by atoms with Gasteiger partial charge in [-0.05, 0) is 42.0 Å². The molecule has 1 nitrogen and oxygen atoms in total. The molecule has 5 heteroatoms. The number of rotatable bonds is 3. The molecule has 0 fully saturated rings. The SMILES string of the molecule is OCc1cc(Cl)c(Cl)cc1Sc1ccc(Cl)cc1. The zero-order valence-electron chi connectivity index (χ0n) is 9.16. The Labute approximate surface area is 125 Å². The van der Waals surface area contributed by atoms with Crippen LogP contribution in [-0.4, -0.2) is 5.11 Å². The van der Waals surface area contributed by atoms with E-state index in [1.54, 1.807) is 12.1 Å². The quantitative estimate of drug-likeness (QED) is 0.829. The molecule has 0 aliphatic heterocycles. The molecular formula is C13H9Cl3OS. The van der Waals surface area contributed by atoms with Gasteiger partial charge in [0.15, 0.2) is 0 Å². The average Bonchev–Trinajstić information content (AvgIpc) is 2.36. The first-order valence-electron chi connectivity index (χ1n) is 5.12. The summed E-state index contributed by atoms with van der Waals surface area (Å²) in [7, 11) is 0. The molecule has 0 saturated carbocycles. The molecule has 18 heavy (non-hydrogen) atoms. The fraction of sp³-hybridized carbons (Fsp3) is 0.0769. The number of aliphatic hydroxyl groups is 1. The Balaban J connectivity index is 2.33. The van der Waals surface area contributed by atoms with Gasteiger partial charge < -0.3 is 5.11 Å². The van der Waals surface area contributed by atoms with Gasteiger partial charge in [0.1, 0.15) is 0 Å². The van der Waals surface area contributed by atoms with E-state index in [2.05, 4.69) is 0 Å². The highest BCUT2D eigenvalue weighted by Crippen LogP contribution is 2.36. The summed E-state index contributed by atoms with van der Waals surface area (Å²) in [6.07, 6.45) is 0. The number of aliphatic hydroxyl groups excluding tert-OH is 1. The molecule has 2 aromatic carbocycles. The first-order valence-corrected chi connectivity index (χ1v) is 7.07. The Morgan fingerprint density at radius 1 is 0.944 bits per heavy atom. The lowest BCUT2D eigenvalue weighted by atomic mass is 10.2. The van der Waals surface area contributed by atoms with Crippen molar-refractivity contribution in [2.75, 3.05) is 0 Å². The van der Waals surface area contributed by atoms with Crippen molar-refractivity contribution in [1.29, 1.82) is 0 Å². The fourth-order valence-electron chi connectivity index (χ4n) is 1.42. The van der Waals surface area contributed by atoms with E-state index in [-0.39, 0.29) is 6.61 Å². The van der Waals surface area contributed by atoms with Crippen molar-refractivity contribution in [3.05, 3.63) is 57.0 Å². The summed E-state index contributed by atoms with van der Waals surface area (Å²) in [6, 6.07) is 10.9. The second kappa shape index (κ2) is 6.18. The molecule has 0 aromatic heterocycles. The molecule has 0 spiro atoms. The molecule has 0 amide bonds. The largest absolute Gasteiger partial charge is 0.392 e. The van der Waals surface area contributed by atoms with Crippen LogP contribution in [0.5, 0.6) is 0 Å². The lowest BCUT2D eigenvalue weighted by Gasteiger charge is -2.09. The Morgan fingerprint density at radius 2 is 1.56 bits per heavy atom. The molecule has 2 aromatic rings. The van der Waals surface area contributed by atoms with Crippen molar-refractivity contribution >= 4 is 46.6 Å². The summed E-state index contributed by atoms with van der Waals surface area (Å²) in [5, 5.41) is 10.9. The van der Waals surface area contributed by atoms with Crippen molar-refractivity contribution in [1.82, 2.24) is 0 Å². The van der Waals surface area contributed by atoms with Crippen LogP contribution in [0.15, 0.2) is 46.2 Å². The van der Waals surface area contributed by atoms with Crippen molar-refractivity contribution in [2.24, 2.45) is 0 Å². The van der Waals surface area contributed by atoms with Gasteiger partial charge in [0, 0.05) is 14.8 Å². The second-order valence-electron chi connectivity index (χ2n) is 3.59. The average molecular weight is 320 g/mol. The Hall–Kier alpha value is -0.380. The van der Waals surface area contributed by atoms with Gasteiger partial charge in [-0.3, -0.25) is 0 Å². The van der Waals surface area contributed by atoms with Crippen molar-refractivity contribution < 1.29 is 5.11 Å². The Morgan fingerprint density at radius 3 is 2.17 bits per heavy atom. The molecule has 1 N–H and O–H groups in total. The van der Waals surface area contributed by atoms with Crippen LogP contribution in [0.3, 0.4) is 0 Å². The third-order valence-corrected chi connectivity index (χ3v) is 4.40. The number of hydrogen-bond acceptors (Lipinski definition) is 2. The van der Waals surface area contributed by atoms with E-state index in [9.17, 15) is 5.11 Å². The summed E-state index contributed by atoms with van der Waals surface area (Å²) in [5.74, 6) is 0. The van der Waals surface area contributed by atoms with Crippen LogP contribution in [0.1, 0.15) is 5.56 Å². The summed E-state index contributed by atoms with van der Waals surface area (Å²) in [6.45, 7) is -0.0766. The standard InChI is InChI=1S/C13H9Cl3OS/c14-9-1-3-10(4-2-9)18-13-6-12(16)11(15)5-8(13)7-17/h1-6,17H,7H2. The first-order chi connectivity index (χ1) is 8.60. The molecule has 0 saturated heterocycles. The lowest BCUT2D eigenvalue weighted by Crippen LogP contribution is -1.88. The van der Waals surface area contributed by atoms with Crippen molar-refractivity contribution in [3.63, 3.8) is 0 Å². The minimum Gasteiger partial charge on any atom is -0.392 e. The fourth-order valence-corrected chi connectivity index (χ4v) is 2.92. The molecule has 0 bridgehead atoms. The first kappa shape index (κ1) is 14.0. The zero-order valence-corrected chi connectivity index (χ0v) is 12.2. The summed E-state index contributed by atoms with van der Waals surface area (Å²) in [4.78, 5) is 1.90. The third kappa shape index (κ3) is 3.34. The van der Waals surface area contributed by atoms with E-state index in [1.807, 2.05) is 24.3 Å². The Bertz CT molecular complexity index is 555. The molecule has 0 unspecified atom stereocenters. The number of hydrogen-bond donors (Lipinski definition) is 1. The highest BCUT2D eigenvalue weighted by Gasteiger charge is 2.08. The Kier molecular flexibility index (Phi) is 4.82. The van der Waals surface area contributed by atoms with Gasteiger partial charge in [-0.1, -0.05) is 46.6 Å². The van der Waals surface area contributed by atoms with Crippen molar-refractivity contribution in [2.45, 2.75) is 16.4 Å². The van der Waals surface area contributed by atoms with Gasteiger partial charge >= 0.3 is 0 Å². The van der Waals surface area contributed by atoms with Crippen LogP contribution in [0.2, 0.25) is 15.1 Å². The van der Waals surface area contributed by atoms with E-state index in [0.717, 1.165) is 15.4 Å². The van der Waals surface area contributed by atoms with Crippen LogP contribution in [0, 0.1) is 0 Å². The molecule has 94 valence electrons. The van der Waals surface area contributed by atoms with Gasteiger partial charge in [-0.2, -0.15) is 0 Å². The summed E-state index contributed by atoms with van der Waals surface area (Å²) in [5.41, 5.74) is 0.754. The predicted molar refractivity (Wildman–Crippen MR) is 78.0 cm³/mol. The minimum absolute atomic E-state index is 0.0766. The molecule has 0 radical (unpaired) electrons. The van der Waals surface area contributed by atoms with E-state index < -0.39 is 0 Å². The maximum atomic E-state index is 9.32. The predicted octanol–water partition coefficient (Wildman–Crippen LogP) is 5.29. The van der Waals surface area contributed by atoms with E-state index in [1.165, 1.54) is 11.8 Å². The molecule has 2 rings (SSSR count). The van der Waals surface area contributed by atoms with E-state index in [4.69, 9.17) is 34.8 Å². The monoisotopic (exact) mass is 318 g/mol. The van der Waals surface area contributed by atoms with E-state index in [0.29, 0.717) is 15.1 Å². The van der Waals surface area contributed by atoms with Gasteiger partial charge in [0.25, 0.3) is 0 Å². The molecule has 0 aliphatic carbocycles. The van der Waals surface area contributed by atoms with Crippen LogP contribution < -0.4 is 0 Å². The van der Waals surface area contributed by atoms with Crippen molar-refractivity contribution in [3.8, 4) is 0 Å². The van der Waals surface area contributed by atoms with Crippen LogP contribution in [0.4, 0.5) is 0 Å². The topological polar surface area (TPSA) is 20.2 Å². The van der Waals surface area contributed by atoms with Gasteiger partial charge in [0.2, 0.25) is 0 Å². The number of benzene rings is 2. The number of halogens is 3. The summed E-state index contributed by atoms with van der Waals surface area (Å²) < 4.78 is 0. The summed E-state index contributed by atoms with van der Waals surface area (Å²) >= 11 is 19.2. The smallest absolute Gasteiger partial charge is 0.0693 e. The highest BCUT2D eigenvalue weighted by molar-refractivity contribution is 7.99. The molecule has 0 aliphatic rings. The second-order valence-corrected chi connectivity index (χ2v) is 5.95. The zero-order chi connectivity index (χ0) is 13.1. The molecule has 0 atom stereocenters. The highest BCUT2D eigenvalue weighted by atomic mass is 35.5. The lowest BCUT2D eigenvalue weighted by molar-refractivity contribution is 0.279. The molecule has 0 heterocycles. The van der Waals surface area contributed by atoms with Crippen LogP contribution in [0.25, 0.3) is 0 Å². The maximum Gasteiger partial charge on any atom is 0.0693 e. The maximum absolute atomic E-state index is 9.32. The van der Waals surface area contributed by atoms with Crippen LogP contribution >= 0.6 is 46.6 Å². The molecular weight excluding hydrogens is 311 g/mol. The van der Waals surface area contributed by atoms with Crippen LogP contribution in [-0.2, 0) is 6.61 Å². The van der Waals surface area contributed by atoms with E-state index >= 15 is 0 Å². The normalized spacial score (nSPS) is 10.7. The minimum atomic E-state index is -0.0766. The van der Waals surface area contributed by atoms with Gasteiger partial charge in [-0.25, -0.2) is 0 Å². The third-order valence-electron chi connectivity index (χ3n) is 2.32. The van der Waals surface area contributed by atoms with Gasteiger partial charge in [0.05, 0.1) is 16.7 Å². The van der Waals surface area contributed by atoms with Gasteiger partial charge in [-0.15, -0.1) is 0 Å².